The molecular weight excluding hydrogens is 437 g/mol. The molecule has 0 heterocycles. The molecule has 0 amide bonds. The largest absolute Gasteiger partial charge is 0.378 e. The van der Waals surface area contributed by atoms with Crippen molar-refractivity contribution in [2.45, 2.75) is 160 Å². The van der Waals surface area contributed by atoms with Crippen LogP contribution in [-0.2, 0) is 9.13 Å². The highest BCUT2D eigenvalue weighted by molar-refractivity contribution is 7.32. The van der Waals surface area contributed by atoms with Crippen LogP contribution in [0, 0.1) is 0 Å². The van der Waals surface area contributed by atoms with Gasteiger partial charge in [-0.2, -0.15) is 0 Å². The van der Waals surface area contributed by atoms with Gasteiger partial charge in [-0.05, 0) is 38.5 Å². The predicted octanol–water partition coefficient (Wildman–Crippen LogP) is 10.7. The highest BCUT2D eigenvalue weighted by Crippen LogP contribution is 2.44. The van der Waals surface area contributed by atoms with Gasteiger partial charge in [0.2, 0.25) is 5.28 Å². The molecule has 3 nitrogen and oxygen atoms in total. The van der Waals surface area contributed by atoms with Gasteiger partial charge >= 0.3 is 7.68 Å². The molecule has 0 saturated heterocycles. The van der Waals surface area contributed by atoms with Crippen LogP contribution < -0.4 is 0 Å². The second-order valence-corrected chi connectivity index (χ2v) is 12.8. The van der Waals surface area contributed by atoms with Gasteiger partial charge in [0.25, 0.3) is 0 Å². The highest BCUT2D eigenvalue weighted by atomic mass is 31.1. The van der Waals surface area contributed by atoms with Crippen LogP contribution in [0.5, 0.6) is 0 Å². The summed E-state index contributed by atoms with van der Waals surface area (Å²) in [4.78, 5) is 0. The minimum absolute atomic E-state index is 0.509. The number of hydrogen-bond donors (Lipinski definition) is 0. The molecule has 0 rings (SSSR count). The fourth-order valence-corrected chi connectivity index (χ4v) is 6.40. The fraction of sp³-hybridized carbons (Fsp3) is 0.933. The van der Waals surface area contributed by atoms with Gasteiger partial charge in [0.1, 0.15) is 0 Å². The summed E-state index contributed by atoms with van der Waals surface area (Å²) in [5.41, 5.74) is 0. The molecular formula is C30H61NO2P+. The van der Waals surface area contributed by atoms with Crippen molar-refractivity contribution in [3.8, 4) is 0 Å². The Morgan fingerprint density at radius 2 is 0.912 bits per heavy atom. The molecule has 0 bridgehead atoms. The first-order chi connectivity index (χ1) is 16.3. The lowest BCUT2D eigenvalue weighted by atomic mass is 10.00. The van der Waals surface area contributed by atoms with Crippen LogP contribution >= 0.6 is 7.68 Å². The van der Waals surface area contributed by atoms with E-state index in [1.54, 1.807) is 0 Å². The SMILES string of the molecule is CCCCCCCCCCCCCCCCCC=CCCCCC(CCC)(P(=O)=O)[N+](C)(C)C. The lowest BCUT2D eigenvalue weighted by Crippen LogP contribution is -2.53. The minimum Gasteiger partial charge on any atom is -0.314 e. The smallest absolute Gasteiger partial charge is 0.314 e. The van der Waals surface area contributed by atoms with Crippen LogP contribution in [0.1, 0.15) is 155 Å². The van der Waals surface area contributed by atoms with Gasteiger partial charge in [-0.1, -0.05) is 116 Å². The van der Waals surface area contributed by atoms with E-state index in [4.69, 9.17) is 0 Å². The van der Waals surface area contributed by atoms with Gasteiger partial charge < -0.3 is 4.48 Å². The zero-order chi connectivity index (χ0) is 25.5. The number of hydrogen-bond acceptors (Lipinski definition) is 2. The maximum absolute atomic E-state index is 12.1. The second-order valence-electron chi connectivity index (χ2n) is 11.5. The molecule has 0 fully saturated rings. The van der Waals surface area contributed by atoms with Crippen molar-refractivity contribution in [1.29, 1.82) is 0 Å². The molecule has 0 radical (unpaired) electrons. The topological polar surface area (TPSA) is 34.1 Å². The molecule has 0 N–H and O–H groups in total. The summed E-state index contributed by atoms with van der Waals surface area (Å²) in [7, 11) is 3.64. The van der Waals surface area contributed by atoms with Crippen LogP contribution in [-0.4, -0.2) is 30.9 Å². The molecule has 0 aliphatic carbocycles. The van der Waals surface area contributed by atoms with Crippen molar-refractivity contribution in [2.24, 2.45) is 0 Å². The molecule has 0 aromatic rings. The predicted molar refractivity (Wildman–Crippen MR) is 151 cm³/mol. The van der Waals surface area contributed by atoms with E-state index in [1.807, 2.05) is 21.1 Å². The molecule has 34 heavy (non-hydrogen) atoms. The van der Waals surface area contributed by atoms with Crippen molar-refractivity contribution in [1.82, 2.24) is 0 Å². The van der Waals surface area contributed by atoms with Gasteiger partial charge in [0.15, 0.2) is 0 Å². The maximum atomic E-state index is 12.1. The van der Waals surface area contributed by atoms with E-state index in [0.29, 0.717) is 4.48 Å². The fourth-order valence-electron chi connectivity index (χ4n) is 5.16. The third-order valence-corrected chi connectivity index (χ3v) is 9.30. The van der Waals surface area contributed by atoms with E-state index < -0.39 is 13.0 Å². The van der Waals surface area contributed by atoms with Crippen molar-refractivity contribution >= 4 is 7.68 Å². The first kappa shape index (κ1) is 33.6. The molecule has 0 aromatic carbocycles. The van der Waals surface area contributed by atoms with E-state index in [1.165, 1.54) is 103 Å². The zero-order valence-electron chi connectivity index (χ0n) is 23.9. The summed E-state index contributed by atoms with van der Waals surface area (Å²) in [5.74, 6) is 0. The molecule has 0 aliphatic heterocycles. The average molecular weight is 499 g/mol. The van der Waals surface area contributed by atoms with E-state index in [2.05, 4.69) is 26.0 Å². The van der Waals surface area contributed by atoms with Gasteiger partial charge in [-0.25, -0.2) is 9.13 Å². The summed E-state index contributed by atoms with van der Waals surface area (Å²) >= 11 is 0. The molecule has 0 spiro atoms. The monoisotopic (exact) mass is 498 g/mol. The summed E-state index contributed by atoms with van der Waals surface area (Å²) in [5, 5.41) is -0.609. The Hall–Kier alpha value is -0.400. The summed E-state index contributed by atoms with van der Waals surface area (Å²) in [6, 6.07) is 0. The highest BCUT2D eigenvalue weighted by Gasteiger charge is 2.47. The van der Waals surface area contributed by atoms with Crippen LogP contribution in [0.25, 0.3) is 0 Å². The average Bonchev–Trinajstić information content (AvgIpc) is 2.78. The first-order valence-electron chi connectivity index (χ1n) is 14.9. The van der Waals surface area contributed by atoms with Crippen LogP contribution in [0.3, 0.4) is 0 Å². The van der Waals surface area contributed by atoms with Crippen molar-refractivity contribution in [2.75, 3.05) is 21.1 Å². The quantitative estimate of drug-likeness (QED) is 0.0543. The van der Waals surface area contributed by atoms with Gasteiger partial charge in [0, 0.05) is 12.8 Å². The Bertz CT molecular complexity index is 542. The summed E-state index contributed by atoms with van der Waals surface area (Å²) in [6.45, 7) is 4.38. The Morgan fingerprint density at radius 1 is 0.529 bits per heavy atom. The van der Waals surface area contributed by atoms with Crippen LogP contribution in [0.15, 0.2) is 12.2 Å². The Morgan fingerprint density at radius 3 is 1.26 bits per heavy atom. The van der Waals surface area contributed by atoms with Gasteiger partial charge in [0.05, 0.1) is 21.1 Å². The Labute approximate surface area is 215 Å². The standard InChI is InChI=1S/C30H61NO2P/c1-6-8-9-10-11-12-13-14-15-16-17-18-19-20-21-22-23-24-25-26-27-29-30(28-7-2,34(32)33)31(3,4)5/h23-24H,6-22,25-29H2,1-5H3/q+1. The Balaban J connectivity index is 3.60. The number of quaternary nitrogens is 1. The van der Waals surface area contributed by atoms with Crippen LogP contribution in [0.4, 0.5) is 0 Å². The molecule has 202 valence electrons. The van der Waals surface area contributed by atoms with E-state index >= 15 is 0 Å². The zero-order valence-corrected chi connectivity index (χ0v) is 24.8. The normalized spacial score (nSPS) is 14.0. The third kappa shape index (κ3) is 16.3. The number of allylic oxidation sites excluding steroid dienone is 2. The summed E-state index contributed by atoms with van der Waals surface area (Å²) in [6.07, 6.45) is 32.7. The van der Waals surface area contributed by atoms with E-state index in [-0.39, 0.29) is 0 Å². The van der Waals surface area contributed by atoms with Crippen molar-refractivity contribution in [3.63, 3.8) is 0 Å². The molecule has 1 unspecified atom stereocenters. The number of rotatable bonds is 25. The molecule has 1 atom stereocenters. The van der Waals surface area contributed by atoms with Crippen molar-refractivity contribution < 1.29 is 13.6 Å². The lowest BCUT2D eigenvalue weighted by molar-refractivity contribution is -0.908. The van der Waals surface area contributed by atoms with Crippen LogP contribution in [0.2, 0.25) is 0 Å². The summed E-state index contributed by atoms with van der Waals surface area (Å²) < 4.78 is 24.7. The van der Waals surface area contributed by atoms with E-state index in [0.717, 1.165) is 38.5 Å². The Kier molecular flexibility index (Phi) is 21.6. The first-order valence-corrected chi connectivity index (χ1v) is 16.1. The van der Waals surface area contributed by atoms with Gasteiger partial charge in [-0.15, -0.1) is 0 Å². The third-order valence-electron chi connectivity index (χ3n) is 7.58. The second kappa shape index (κ2) is 21.8. The van der Waals surface area contributed by atoms with Gasteiger partial charge in [-0.3, -0.25) is 0 Å². The molecule has 0 aliphatic rings. The number of unbranched alkanes of at least 4 members (excludes halogenated alkanes) is 17. The minimum atomic E-state index is -2.44. The van der Waals surface area contributed by atoms with E-state index in [9.17, 15) is 9.13 Å². The number of nitrogens with zero attached hydrogens (tertiary/aromatic N) is 1. The molecule has 0 aromatic heterocycles. The molecule has 4 heteroatoms. The molecule has 0 saturated carbocycles. The van der Waals surface area contributed by atoms with Crippen molar-refractivity contribution in [3.05, 3.63) is 12.2 Å². The lowest BCUT2D eigenvalue weighted by Gasteiger charge is -2.41. The maximum Gasteiger partial charge on any atom is 0.378 e.